The van der Waals surface area contributed by atoms with Gasteiger partial charge in [-0.05, 0) is 12.1 Å². The van der Waals surface area contributed by atoms with Crippen LogP contribution in [0.4, 0.5) is 5.13 Å². The number of amides is 2. The number of nitrogens with one attached hydrogen (secondary N) is 1. The number of nitrogens with two attached hydrogens (primary N) is 1. The van der Waals surface area contributed by atoms with Gasteiger partial charge in [0.1, 0.15) is 24.2 Å². The number of aliphatic hydroxyl groups is 1. The fourth-order valence-corrected chi connectivity index (χ4v) is 6.44. The summed E-state index contributed by atoms with van der Waals surface area (Å²) in [5.74, 6) is -2.47. The van der Waals surface area contributed by atoms with Crippen molar-refractivity contribution in [1.29, 1.82) is 0 Å². The number of rotatable bonds is 9. The second-order valence-electron chi connectivity index (χ2n) is 8.86. The Bertz CT molecular complexity index is 1560. The van der Waals surface area contributed by atoms with E-state index < -0.39 is 29.2 Å². The molecule has 1 saturated heterocycles. The summed E-state index contributed by atoms with van der Waals surface area (Å²) in [7, 11) is 3.03. The number of nitrogen functional groups attached to an aromatic ring is 1. The lowest BCUT2D eigenvalue weighted by molar-refractivity contribution is -0.688. The van der Waals surface area contributed by atoms with Crippen molar-refractivity contribution in [2.45, 2.75) is 24.6 Å². The van der Waals surface area contributed by atoms with Crippen LogP contribution in [0.15, 0.2) is 52.4 Å². The van der Waals surface area contributed by atoms with Gasteiger partial charge >= 0.3 is 0 Å². The van der Waals surface area contributed by atoms with E-state index in [2.05, 4.69) is 20.6 Å². The number of aliphatic carboxylic acids is 1. The topological polar surface area (TPSA) is 192 Å². The molecule has 0 aromatic carbocycles. The fraction of sp³-hybridized carbons (Fsp3) is 0.292. The van der Waals surface area contributed by atoms with Crippen LogP contribution in [0.2, 0.25) is 0 Å². The molecule has 2 atom stereocenters. The largest absolute Gasteiger partial charge is 0.543 e. The highest BCUT2D eigenvalue weighted by Crippen LogP contribution is 2.40. The highest BCUT2D eigenvalue weighted by molar-refractivity contribution is 8.00. The van der Waals surface area contributed by atoms with Gasteiger partial charge in [-0.15, -0.1) is 23.1 Å². The first-order chi connectivity index (χ1) is 19.2. The fourth-order valence-electron chi connectivity index (χ4n) is 4.56. The van der Waals surface area contributed by atoms with Crippen LogP contribution in [0.3, 0.4) is 0 Å². The standard InChI is InChI=1S/C24H24N8O6S2/c1-30-16(6-14(9-33)28-30)12-4-3-5-31(7-12)8-13-10-39-22-18(21(35)32(22)19(13)23(36)37)27-20(34)17(29-38-2)15-11-40-24(25)26-15/h3-7,11,18,22,33H,8-10H2,1-2H3,(H3-,25,26,27,34,36,37)/b29-17-/t18-,22-/m1/s1. The van der Waals surface area contributed by atoms with E-state index >= 15 is 0 Å². The number of carboxylic acid groups (broad SMARTS) is 1. The van der Waals surface area contributed by atoms with Crippen LogP contribution in [-0.2, 0) is 39.4 Å². The molecule has 0 unspecified atom stereocenters. The molecule has 208 valence electrons. The lowest BCUT2D eigenvalue weighted by atomic mass is 10.0. The Hall–Kier alpha value is -4.28. The number of carboxylic acids is 1. The van der Waals surface area contributed by atoms with Gasteiger partial charge in [0.15, 0.2) is 29.8 Å². The molecule has 1 fully saturated rings. The van der Waals surface area contributed by atoms with Gasteiger partial charge in [-0.1, -0.05) is 5.16 Å². The molecule has 5 rings (SSSR count). The number of thioether (sulfide) groups is 1. The van der Waals surface area contributed by atoms with Gasteiger partial charge in [-0.25, -0.2) is 9.55 Å². The minimum absolute atomic E-state index is 0.158. The van der Waals surface area contributed by atoms with Gasteiger partial charge in [0.05, 0.1) is 35.2 Å². The molecule has 40 heavy (non-hydrogen) atoms. The molecule has 14 nitrogen and oxygen atoms in total. The number of hydrogen-bond acceptors (Lipinski definition) is 12. The molecule has 2 aliphatic heterocycles. The molecule has 0 aliphatic carbocycles. The van der Waals surface area contributed by atoms with Crippen LogP contribution in [0.5, 0.6) is 0 Å². The lowest BCUT2D eigenvalue weighted by Gasteiger charge is -2.50. The number of nitrogens with zero attached hydrogens (tertiary/aromatic N) is 6. The normalized spacial score (nSPS) is 18.8. The minimum Gasteiger partial charge on any atom is -0.543 e. The molecule has 5 heterocycles. The Morgan fingerprint density at radius 2 is 2.23 bits per heavy atom. The van der Waals surface area contributed by atoms with Crippen LogP contribution in [0.1, 0.15) is 11.4 Å². The first-order valence-corrected chi connectivity index (χ1v) is 13.8. The maximum Gasteiger partial charge on any atom is 0.276 e. The number of hydrogen-bond donors (Lipinski definition) is 3. The maximum atomic E-state index is 13.1. The van der Waals surface area contributed by atoms with E-state index in [9.17, 15) is 24.6 Å². The van der Waals surface area contributed by atoms with Gasteiger partial charge < -0.3 is 30.9 Å². The van der Waals surface area contributed by atoms with Crippen molar-refractivity contribution >= 4 is 51.7 Å². The van der Waals surface area contributed by atoms with E-state index in [-0.39, 0.29) is 35.4 Å². The molecule has 0 radical (unpaired) electrons. The molecule has 2 aliphatic rings. The van der Waals surface area contributed by atoms with Crippen molar-refractivity contribution < 1.29 is 34.0 Å². The number of thiazole rings is 1. The van der Waals surface area contributed by atoms with Gasteiger partial charge in [-0.3, -0.25) is 19.2 Å². The summed E-state index contributed by atoms with van der Waals surface area (Å²) >= 11 is 2.45. The maximum absolute atomic E-state index is 13.1. The van der Waals surface area contributed by atoms with E-state index in [0.717, 1.165) is 27.5 Å². The second kappa shape index (κ2) is 11.1. The molecule has 4 N–H and O–H groups in total. The SMILES string of the molecule is CO/N=C(\C(=O)N[C@@H]1C(=O)N2C(C(=O)[O-])=C(C[n+]3cccc(-c4cc(CO)nn4C)c3)CS[C@H]12)c1csc(N)n1. The van der Waals surface area contributed by atoms with Crippen molar-refractivity contribution in [3.8, 4) is 11.3 Å². The predicted molar refractivity (Wildman–Crippen MR) is 142 cm³/mol. The zero-order valence-corrected chi connectivity index (χ0v) is 22.9. The number of fused-ring (bicyclic) bond motifs is 1. The van der Waals surface area contributed by atoms with Crippen LogP contribution >= 0.6 is 23.1 Å². The molecule has 3 aromatic heterocycles. The number of β-lactam (4-membered cyclic amide) rings is 1. The van der Waals surface area contributed by atoms with Crippen molar-refractivity contribution in [2.75, 3.05) is 18.6 Å². The zero-order chi connectivity index (χ0) is 28.6. The average Bonchev–Trinajstić information content (AvgIpc) is 3.54. The van der Waals surface area contributed by atoms with Crippen LogP contribution in [0.25, 0.3) is 11.3 Å². The Balaban J connectivity index is 1.35. The second-order valence-corrected chi connectivity index (χ2v) is 10.9. The Kier molecular flexibility index (Phi) is 7.55. The van der Waals surface area contributed by atoms with Gasteiger partial charge in [0.25, 0.3) is 11.8 Å². The Morgan fingerprint density at radius 1 is 1.43 bits per heavy atom. The number of aromatic nitrogens is 4. The smallest absolute Gasteiger partial charge is 0.276 e. The summed E-state index contributed by atoms with van der Waals surface area (Å²) in [6.07, 6.45) is 3.62. The van der Waals surface area contributed by atoms with Gasteiger partial charge in [0.2, 0.25) is 0 Å². The molecule has 3 aromatic rings. The summed E-state index contributed by atoms with van der Waals surface area (Å²) in [4.78, 5) is 48.2. The first-order valence-electron chi connectivity index (χ1n) is 11.9. The van der Waals surface area contributed by atoms with E-state index in [1.807, 2.05) is 18.3 Å². The molecule has 16 heteroatoms. The number of carbonyl (C=O) groups excluding carboxylic acids is 3. The predicted octanol–water partition coefficient (Wildman–Crippen LogP) is -1.64. The number of carbonyl (C=O) groups is 3. The van der Waals surface area contributed by atoms with Crippen molar-refractivity contribution in [3.63, 3.8) is 0 Å². The minimum atomic E-state index is -1.48. The van der Waals surface area contributed by atoms with E-state index in [1.54, 1.807) is 28.6 Å². The zero-order valence-electron chi connectivity index (χ0n) is 21.3. The third-order valence-corrected chi connectivity index (χ3v) is 8.32. The van der Waals surface area contributed by atoms with Crippen LogP contribution in [0, 0.1) is 0 Å². The monoisotopic (exact) mass is 584 g/mol. The molecule has 2 amide bonds. The van der Waals surface area contributed by atoms with Crippen molar-refractivity contribution in [1.82, 2.24) is 25.0 Å². The summed E-state index contributed by atoms with van der Waals surface area (Å²) in [6.45, 7) is 0.00447. The number of aryl methyl sites for hydroxylation is 1. The third-order valence-electron chi connectivity index (χ3n) is 6.31. The first kappa shape index (κ1) is 27.3. The molecule has 0 bridgehead atoms. The number of oxime groups is 1. The average molecular weight is 585 g/mol. The molecular formula is C24H24N8O6S2. The molecular weight excluding hydrogens is 560 g/mol. The summed E-state index contributed by atoms with van der Waals surface area (Å²) < 4.78 is 3.45. The third kappa shape index (κ3) is 5.03. The Morgan fingerprint density at radius 3 is 2.88 bits per heavy atom. The number of aliphatic hydroxyl groups excluding tert-OH is 1. The van der Waals surface area contributed by atoms with Gasteiger partial charge in [0, 0.05) is 29.8 Å². The number of anilines is 1. The molecule has 0 saturated carbocycles. The summed E-state index contributed by atoms with van der Waals surface area (Å²) in [6, 6.07) is 4.48. The highest BCUT2D eigenvalue weighted by atomic mass is 32.2. The van der Waals surface area contributed by atoms with Crippen molar-refractivity contribution in [3.05, 3.63) is 58.6 Å². The van der Waals surface area contributed by atoms with E-state index in [1.165, 1.54) is 24.3 Å². The van der Waals surface area contributed by atoms with E-state index in [4.69, 9.17) is 10.6 Å². The number of pyridine rings is 1. The summed E-state index contributed by atoms with van der Waals surface area (Å²) in [5.41, 5.74) is 8.09. The van der Waals surface area contributed by atoms with E-state index in [0.29, 0.717) is 17.0 Å². The Labute approximate surface area is 235 Å². The quantitative estimate of drug-likeness (QED) is 0.114. The van der Waals surface area contributed by atoms with Crippen LogP contribution < -0.4 is 20.7 Å². The van der Waals surface area contributed by atoms with Gasteiger partial charge in [-0.2, -0.15) is 5.10 Å². The van der Waals surface area contributed by atoms with Crippen molar-refractivity contribution in [2.24, 2.45) is 12.2 Å². The van der Waals surface area contributed by atoms with Crippen LogP contribution in [-0.4, -0.2) is 72.5 Å². The lowest BCUT2D eigenvalue weighted by Crippen LogP contribution is -2.71. The summed E-state index contributed by atoms with van der Waals surface area (Å²) in [5, 5.41) is 33.3. The highest BCUT2D eigenvalue weighted by Gasteiger charge is 2.53. The molecule has 0 spiro atoms.